The number of carboxylic acid groups (broad SMARTS) is 1. The molecule has 0 aliphatic rings. The van der Waals surface area contributed by atoms with Crippen LogP contribution >= 0.6 is 0 Å². The highest BCUT2D eigenvalue weighted by atomic mass is 16.4. The number of nitrogens with one attached hydrogen (secondary N) is 1. The Morgan fingerprint density at radius 2 is 2.00 bits per heavy atom. The first kappa shape index (κ1) is 15.4. The Hall–Kier alpha value is -2.64. The smallest absolute Gasteiger partial charge is 0.326 e. The second-order valence-corrected chi connectivity index (χ2v) is 4.22. The van der Waals surface area contributed by atoms with Gasteiger partial charge in [-0.05, 0) is 17.7 Å². The van der Waals surface area contributed by atoms with Crippen LogP contribution in [0.4, 0.5) is 4.79 Å². The summed E-state index contributed by atoms with van der Waals surface area (Å²) in [5.41, 5.74) is 5.78. The first-order chi connectivity index (χ1) is 9.40. The van der Waals surface area contributed by atoms with E-state index >= 15 is 0 Å². The van der Waals surface area contributed by atoms with Crippen molar-refractivity contribution in [2.24, 2.45) is 5.73 Å². The molecule has 0 bridgehead atoms. The summed E-state index contributed by atoms with van der Waals surface area (Å²) in [5, 5.41) is 11.1. The van der Waals surface area contributed by atoms with Gasteiger partial charge in [-0.2, -0.15) is 0 Å². The van der Waals surface area contributed by atoms with E-state index in [-0.39, 0.29) is 6.54 Å². The number of nitrogens with zero attached hydrogens (tertiary/aromatic N) is 2. The van der Waals surface area contributed by atoms with E-state index in [4.69, 9.17) is 10.8 Å². The van der Waals surface area contributed by atoms with Crippen LogP contribution in [-0.4, -0.2) is 46.0 Å². The Kier molecular flexibility index (Phi) is 5.45. The number of aromatic nitrogens is 1. The van der Waals surface area contributed by atoms with E-state index in [1.54, 1.807) is 24.5 Å². The Morgan fingerprint density at radius 1 is 1.40 bits per heavy atom. The molecule has 1 aromatic heterocycles. The number of aliphatic carboxylic acids is 1. The maximum atomic E-state index is 11.8. The largest absolute Gasteiger partial charge is 0.480 e. The summed E-state index contributed by atoms with van der Waals surface area (Å²) in [7, 11) is 1.51. The molecule has 108 valence electrons. The minimum Gasteiger partial charge on any atom is -0.480 e. The third-order valence-electron chi connectivity index (χ3n) is 2.52. The standard InChI is InChI=1S/C12H16N4O4/c1-16(7-8-2-4-14-5-3-8)12(20)15-9(11(18)19)6-10(13)17/h2-5,9H,6-7H2,1H3,(H2,13,17)(H,15,20)(H,18,19)/t9-/m0/s1. The van der Waals surface area contributed by atoms with Crippen molar-refractivity contribution >= 4 is 17.9 Å². The van der Waals surface area contributed by atoms with Gasteiger partial charge in [-0.15, -0.1) is 0 Å². The van der Waals surface area contributed by atoms with Gasteiger partial charge in [-0.25, -0.2) is 9.59 Å². The lowest BCUT2D eigenvalue weighted by atomic mass is 10.2. The molecule has 1 aromatic rings. The fourth-order valence-electron chi connectivity index (χ4n) is 1.49. The Morgan fingerprint density at radius 3 is 2.50 bits per heavy atom. The number of carbonyl (C=O) groups is 3. The number of rotatable bonds is 6. The fraction of sp³-hybridized carbons (Fsp3) is 0.333. The van der Waals surface area contributed by atoms with E-state index in [1.807, 2.05) is 0 Å². The summed E-state index contributed by atoms with van der Waals surface area (Å²) in [6.07, 6.45) is 2.73. The summed E-state index contributed by atoms with van der Waals surface area (Å²) in [4.78, 5) is 38.6. The zero-order chi connectivity index (χ0) is 15.1. The van der Waals surface area contributed by atoms with E-state index in [0.717, 1.165) is 5.56 Å². The number of urea groups is 1. The first-order valence-corrected chi connectivity index (χ1v) is 5.81. The van der Waals surface area contributed by atoms with Crippen LogP contribution in [0, 0.1) is 0 Å². The number of carboxylic acids is 1. The van der Waals surface area contributed by atoms with Gasteiger partial charge in [0.2, 0.25) is 5.91 Å². The van der Waals surface area contributed by atoms with Crippen molar-refractivity contribution < 1.29 is 19.5 Å². The molecule has 1 atom stereocenters. The van der Waals surface area contributed by atoms with E-state index in [1.165, 1.54) is 11.9 Å². The predicted octanol–water partition coefficient (Wildman–Crippen LogP) is -0.448. The molecule has 1 heterocycles. The molecule has 3 amide bonds. The molecular formula is C12H16N4O4. The average Bonchev–Trinajstić information content (AvgIpc) is 2.38. The Balaban J connectivity index is 2.59. The van der Waals surface area contributed by atoms with Crippen LogP contribution in [0.25, 0.3) is 0 Å². The van der Waals surface area contributed by atoms with Gasteiger partial charge in [0.1, 0.15) is 6.04 Å². The number of pyridine rings is 1. The van der Waals surface area contributed by atoms with Crippen molar-refractivity contribution in [1.29, 1.82) is 0 Å². The van der Waals surface area contributed by atoms with Gasteiger partial charge in [0.25, 0.3) is 0 Å². The van der Waals surface area contributed by atoms with E-state index in [9.17, 15) is 14.4 Å². The summed E-state index contributed by atoms with van der Waals surface area (Å²) in [5.74, 6) is -2.11. The van der Waals surface area contributed by atoms with Crippen LogP contribution in [0.5, 0.6) is 0 Å². The van der Waals surface area contributed by atoms with Crippen LogP contribution in [0.2, 0.25) is 0 Å². The van der Waals surface area contributed by atoms with E-state index in [2.05, 4.69) is 10.3 Å². The number of hydrogen-bond acceptors (Lipinski definition) is 4. The number of carbonyl (C=O) groups excluding carboxylic acids is 2. The average molecular weight is 280 g/mol. The molecule has 0 saturated heterocycles. The van der Waals surface area contributed by atoms with Gasteiger partial charge >= 0.3 is 12.0 Å². The number of amides is 3. The topological polar surface area (TPSA) is 126 Å². The van der Waals surface area contributed by atoms with Crippen molar-refractivity contribution in [2.45, 2.75) is 19.0 Å². The summed E-state index contributed by atoms with van der Waals surface area (Å²) in [6, 6.07) is 1.54. The number of primary amides is 1. The molecule has 0 spiro atoms. The quantitative estimate of drug-likeness (QED) is 0.650. The lowest BCUT2D eigenvalue weighted by Gasteiger charge is -2.20. The molecule has 8 nitrogen and oxygen atoms in total. The Labute approximate surface area is 115 Å². The summed E-state index contributed by atoms with van der Waals surface area (Å²) < 4.78 is 0. The van der Waals surface area contributed by atoms with Crippen molar-refractivity contribution in [2.75, 3.05) is 7.05 Å². The monoisotopic (exact) mass is 280 g/mol. The van der Waals surface area contributed by atoms with Crippen LogP contribution in [-0.2, 0) is 16.1 Å². The zero-order valence-electron chi connectivity index (χ0n) is 10.9. The second kappa shape index (κ2) is 7.07. The highest BCUT2D eigenvalue weighted by molar-refractivity contribution is 5.87. The molecule has 20 heavy (non-hydrogen) atoms. The zero-order valence-corrected chi connectivity index (χ0v) is 10.9. The maximum absolute atomic E-state index is 11.8. The second-order valence-electron chi connectivity index (χ2n) is 4.22. The molecule has 1 rings (SSSR count). The predicted molar refractivity (Wildman–Crippen MR) is 69.5 cm³/mol. The maximum Gasteiger partial charge on any atom is 0.326 e. The fourth-order valence-corrected chi connectivity index (χ4v) is 1.49. The molecule has 0 aliphatic carbocycles. The molecular weight excluding hydrogens is 264 g/mol. The molecule has 8 heteroatoms. The van der Waals surface area contributed by atoms with Gasteiger partial charge in [-0.1, -0.05) is 0 Å². The molecule has 0 fully saturated rings. The lowest BCUT2D eigenvalue weighted by Crippen LogP contribution is -2.48. The molecule has 0 unspecified atom stereocenters. The van der Waals surface area contributed by atoms with Gasteiger partial charge in [-0.3, -0.25) is 9.78 Å². The molecule has 0 radical (unpaired) electrons. The molecule has 4 N–H and O–H groups in total. The van der Waals surface area contributed by atoms with Crippen molar-refractivity contribution in [3.8, 4) is 0 Å². The van der Waals surface area contributed by atoms with E-state index in [0.29, 0.717) is 0 Å². The summed E-state index contributed by atoms with van der Waals surface area (Å²) in [6.45, 7) is 0.289. The first-order valence-electron chi connectivity index (χ1n) is 5.81. The van der Waals surface area contributed by atoms with Gasteiger partial charge in [0.05, 0.1) is 6.42 Å². The third-order valence-corrected chi connectivity index (χ3v) is 2.52. The van der Waals surface area contributed by atoms with E-state index < -0.39 is 30.4 Å². The van der Waals surface area contributed by atoms with Gasteiger partial charge in [0, 0.05) is 26.0 Å². The van der Waals surface area contributed by atoms with Crippen LogP contribution in [0.1, 0.15) is 12.0 Å². The van der Waals surface area contributed by atoms with Crippen LogP contribution < -0.4 is 11.1 Å². The normalized spacial score (nSPS) is 11.4. The van der Waals surface area contributed by atoms with Gasteiger partial charge < -0.3 is 21.1 Å². The minimum absolute atomic E-state index is 0.289. The van der Waals surface area contributed by atoms with Crippen molar-refractivity contribution in [1.82, 2.24) is 15.2 Å². The van der Waals surface area contributed by atoms with Crippen molar-refractivity contribution in [3.05, 3.63) is 30.1 Å². The summed E-state index contributed by atoms with van der Waals surface area (Å²) >= 11 is 0. The molecule has 0 aromatic carbocycles. The lowest BCUT2D eigenvalue weighted by molar-refractivity contribution is -0.140. The Bertz CT molecular complexity index is 491. The number of hydrogen-bond donors (Lipinski definition) is 3. The third kappa shape index (κ3) is 4.92. The highest BCUT2D eigenvalue weighted by Crippen LogP contribution is 2.02. The van der Waals surface area contributed by atoms with Crippen LogP contribution in [0.3, 0.4) is 0 Å². The highest BCUT2D eigenvalue weighted by Gasteiger charge is 2.23. The SMILES string of the molecule is CN(Cc1ccncc1)C(=O)N[C@@H](CC(N)=O)C(=O)O. The van der Waals surface area contributed by atoms with Gasteiger partial charge in [0.15, 0.2) is 0 Å². The number of nitrogens with two attached hydrogens (primary N) is 1. The van der Waals surface area contributed by atoms with Crippen LogP contribution in [0.15, 0.2) is 24.5 Å². The minimum atomic E-state index is -1.33. The molecule has 0 aliphatic heterocycles. The van der Waals surface area contributed by atoms with Crippen molar-refractivity contribution in [3.63, 3.8) is 0 Å². The molecule has 0 saturated carbocycles.